The number of hydrogen-bond donors (Lipinski definition) is 2. The SMILES string of the molecule is CCOc1ccc(-c2nc(C(=O)NN)cn(C)c2=O)cn1. The summed E-state index contributed by atoms with van der Waals surface area (Å²) in [5, 5.41) is 0. The summed E-state index contributed by atoms with van der Waals surface area (Å²) in [5.74, 6) is 4.95. The predicted molar refractivity (Wildman–Crippen MR) is 75.5 cm³/mol. The fourth-order valence-corrected chi connectivity index (χ4v) is 1.73. The number of nitrogens with two attached hydrogens (primary N) is 1. The van der Waals surface area contributed by atoms with E-state index in [4.69, 9.17) is 10.6 Å². The number of ether oxygens (including phenoxy) is 1. The predicted octanol–water partition coefficient (Wildman–Crippen LogP) is -0.156. The summed E-state index contributed by atoms with van der Waals surface area (Å²) in [6.07, 6.45) is 2.79. The molecule has 0 aliphatic carbocycles. The molecule has 1 amide bonds. The number of nitrogens with one attached hydrogen (secondary N) is 1. The molecule has 0 saturated heterocycles. The van der Waals surface area contributed by atoms with Gasteiger partial charge in [-0.15, -0.1) is 0 Å². The second kappa shape index (κ2) is 6.14. The lowest BCUT2D eigenvalue weighted by atomic mass is 10.2. The first kappa shape index (κ1) is 14.7. The topological polar surface area (TPSA) is 112 Å². The van der Waals surface area contributed by atoms with Gasteiger partial charge in [-0.25, -0.2) is 15.8 Å². The summed E-state index contributed by atoms with van der Waals surface area (Å²) in [6.45, 7) is 2.35. The smallest absolute Gasteiger partial charge is 0.285 e. The minimum atomic E-state index is -0.578. The van der Waals surface area contributed by atoms with E-state index in [1.54, 1.807) is 12.1 Å². The van der Waals surface area contributed by atoms with Crippen LogP contribution in [-0.4, -0.2) is 27.0 Å². The van der Waals surface area contributed by atoms with Gasteiger partial charge in [0.15, 0.2) is 0 Å². The minimum absolute atomic E-state index is 0.0449. The van der Waals surface area contributed by atoms with Crippen LogP contribution < -0.4 is 21.6 Å². The van der Waals surface area contributed by atoms with Crippen LogP contribution in [0, 0.1) is 0 Å². The molecule has 2 rings (SSSR count). The van der Waals surface area contributed by atoms with Gasteiger partial charge >= 0.3 is 0 Å². The van der Waals surface area contributed by atoms with Crippen LogP contribution in [0.2, 0.25) is 0 Å². The lowest BCUT2D eigenvalue weighted by molar-refractivity contribution is 0.0948. The summed E-state index contributed by atoms with van der Waals surface area (Å²) in [4.78, 5) is 31.8. The molecule has 0 radical (unpaired) electrons. The monoisotopic (exact) mass is 289 g/mol. The van der Waals surface area contributed by atoms with Crippen LogP contribution in [0.15, 0.2) is 29.3 Å². The number of hydrogen-bond acceptors (Lipinski definition) is 6. The molecule has 0 saturated carbocycles. The molecule has 0 bridgehead atoms. The first-order valence-electron chi connectivity index (χ1n) is 6.24. The Hall–Kier alpha value is -2.74. The average Bonchev–Trinajstić information content (AvgIpc) is 2.50. The molecular formula is C13H15N5O3. The Bertz CT molecular complexity index is 709. The number of amides is 1. The van der Waals surface area contributed by atoms with Crippen molar-refractivity contribution >= 4 is 5.91 Å². The van der Waals surface area contributed by atoms with Crippen molar-refractivity contribution < 1.29 is 9.53 Å². The number of carbonyl (C=O) groups excluding carboxylic acids is 1. The maximum absolute atomic E-state index is 12.1. The Morgan fingerprint density at radius 2 is 2.24 bits per heavy atom. The van der Waals surface area contributed by atoms with Gasteiger partial charge in [-0.3, -0.25) is 15.0 Å². The second-order valence-corrected chi connectivity index (χ2v) is 4.18. The first-order chi connectivity index (χ1) is 10.1. The lowest BCUT2D eigenvalue weighted by Gasteiger charge is -2.07. The van der Waals surface area contributed by atoms with Gasteiger partial charge in [-0.1, -0.05) is 0 Å². The number of rotatable bonds is 4. The number of carbonyl (C=O) groups is 1. The Labute approximate surface area is 120 Å². The van der Waals surface area contributed by atoms with Crippen molar-refractivity contribution in [2.45, 2.75) is 6.92 Å². The summed E-state index contributed by atoms with van der Waals surface area (Å²) in [7, 11) is 1.53. The van der Waals surface area contributed by atoms with Crippen molar-refractivity contribution in [1.29, 1.82) is 0 Å². The third-order valence-corrected chi connectivity index (χ3v) is 2.74. The van der Waals surface area contributed by atoms with Crippen LogP contribution in [0.5, 0.6) is 5.88 Å². The molecule has 3 N–H and O–H groups in total. The Morgan fingerprint density at radius 1 is 1.48 bits per heavy atom. The van der Waals surface area contributed by atoms with E-state index in [0.29, 0.717) is 18.1 Å². The van der Waals surface area contributed by atoms with Crippen molar-refractivity contribution in [2.75, 3.05) is 6.61 Å². The van der Waals surface area contributed by atoms with E-state index in [-0.39, 0.29) is 16.9 Å². The molecule has 8 nitrogen and oxygen atoms in total. The average molecular weight is 289 g/mol. The first-order valence-corrected chi connectivity index (χ1v) is 6.24. The van der Waals surface area contributed by atoms with Crippen LogP contribution in [-0.2, 0) is 7.05 Å². The largest absolute Gasteiger partial charge is 0.478 e. The fourth-order valence-electron chi connectivity index (χ4n) is 1.73. The van der Waals surface area contributed by atoms with E-state index < -0.39 is 5.91 Å². The van der Waals surface area contributed by atoms with E-state index >= 15 is 0 Å². The van der Waals surface area contributed by atoms with Gasteiger partial charge in [0.25, 0.3) is 11.5 Å². The van der Waals surface area contributed by atoms with E-state index in [1.807, 2.05) is 12.3 Å². The summed E-state index contributed by atoms with van der Waals surface area (Å²) in [5.41, 5.74) is 2.30. The molecule has 21 heavy (non-hydrogen) atoms. The highest BCUT2D eigenvalue weighted by Gasteiger charge is 2.14. The van der Waals surface area contributed by atoms with Gasteiger partial charge in [0.2, 0.25) is 5.88 Å². The van der Waals surface area contributed by atoms with Crippen molar-refractivity contribution in [3.05, 3.63) is 40.6 Å². The molecular weight excluding hydrogens is 274 g/mol. The fraction of sp³-hybridized carbons (Fsp3) is 0.231. The third kappa shape index (κ3) is 3.06. The van der Waals surface area contributed by atoms with Crippen LogP contribution in [0.3, 0.4) is 0 Å². The molecule has 8 heteroatoms. The third-order valence-electron chi connectivity index (χ3n) is 2.74. The molecule has 2 heterocycles. The minimum Gasteiger partial charge on any atom is -0.478 e. The summed E-state index contributed by atoms with van der Waals surface area (Å²) in [6, 6.07) is 3.29. The van der Waals surface area contributed by atoms with Gasteiger partial charge < -0.3 is 9.30 Å². The Morgan fingerprint density at radius 3 is 2.81 bits per heavy atom. The number of nitrogens with zero attached hydrogens (tertiary/aromatic N) is 3. The van der Waals surface area contributed by atoms with Crippen LogP contribution in [0.1, 0.15) is 17.4 Å². The molecule has 0 atom stereocenters. The molecule has 2 aromatic rings. The maximum atomic E-state index is 12.1. The molecule has 0 fully saturated rings. The van der Waals surface area contributed by atoms with E-state index in [2.05, 4.69) is 9.97 Å². The zero-order chi connectivity index (χ0) is 15.4. The van der Waals surface area contributed by atoms with Gasteiger partial charge in [-0.05, 0) is 13.0 Å². The van der Waals surface area contributed by atoms with Gasteiger partial charge in [0.1, 0.15) is 11.4 Å². The Balaban J connectivity index is 2.49. The highest BCUT2D eigenvalue weighted by molar-refractivity contribution is 5.92. The van der Waals surface area contributed by atoms with Crippen molar-refractivity contribution in [2.24, 2.45) is 12.9 Å². The highest BCUT2D eigenvalue weighted by atomic mass is 16.5. The molecule has 2 aromatic heterocycles. The van der Waals surface area contributed by atoms with Crippen molar-refractivity contribution in [3.63, 3.8) is 0 Å². The van der Waals surface area contributed by atoms with Gasteiger partial charge in [0, 0.05) is 31.1 Å². The number of aromatic nitrogens is 3. The molecule has 0 spiro atoms. The van der Waals surface area contributed by atoms with Crippen LogP contribution >= 0.6 is 0 Å². The molecule has 0 aliphatic rings. The zero-order valence-corrected chi connectivity index (χ0v) is 11.7. The number of nitrogen functional groups attached to an aromatic ring is 1. The van der Waals surface area contributed by atoms with Crippen LogP contribution in [0.25, 0.3) is 11.3 Å². The maximum Gasteiger partial charge on any atom is 0.285 e. The van der Waals surface area contributed by atoms with Crippen molar-refractivity contribution in [1.82, 2.24) is 20.0 Å². The van der Waals surface area contributed by atoms with Gasteiger partial charge in [0.05, 0.1) is 6.61 Å². The standard InChI is InChI=1S/C13H15N5O3/c1-3-21-10-5-4-8(6-15-10)11-13(20)18(2)7-9(16-11)12(19)17-14/h4-7H,3,14H2,1-2H3,(H,17,19). The van der Waals surface area contributed by atoms with Crippen LogP contribution in [0.4, 0.5) is 0 Å². The number of pyridine rings is 1. The van der Waals surface area contributed by atoms with Gasteiger partial charge in [-0.2, -0.15) is 0 Å². The van der Waals surface area contributed by atoms with E-state index in [0.717, 1.165) is 0 Å². The van der Waals surface area contributed by atoms with E-state index in [1.165, 1.54) is 24.0 Å². The Kier molecular flexibility index (Phi) is 4.29. The van der Waals surface area contributed by atoms with E-state index in [9.17, 15) is 9.59 Å². The number of hydrazine groups is 1. The lowest BCUT2D eigenvalue weighted by Crippen LogP contribution is -2.33. The quantitative estimate of drug-likeness (QED) is 0.459. The highest BCUT2D eigenvalue weighted by Crippen LogP contribution is 2.15. The summed E-state index contributed by atoms with van der Waals surface area (Å²) >= 11 is 0. The molecule has 0 aromatic carbocycles. The zero-order valence-electron chi connectivity index (χ0n) is 11.7. The summed E-state index contributed by atoms with van der Waals surface area (Å²) < 4.78 is 6.50. The molecule has 0 aliphatic heterocycles. The second-order valence-electron chi connectivity index (χ2n) is 4.18. The van der Waals surface area contributed by atoms with Crippen molar-refractivity contribution in [3.8, 4) is 17.1 Å². The number of aryl methyl sites for hydroxylation is 1. The molecule has 0 unspecified atom stereocenters. The normalized spacial score (nSPS) is 10.2. The molecule has 110 valence electrons.